The molecule has 5 nitrogen and oxygen atoms in total. The third kappa shape index (κ3) is 2.88. The van der Waals surface area contributed by atoms with Crippen LogP contribution in [0, 0.1) is 5.82 Å². The smallest absolute Gasteiger partial charge is 0.267 e. The molecule has 0 spiro atoms. The number of carbonyl (C=O) groups excluding carboxylic acids is 2. The van der Waals surface area contributed by atoms with Crippen molar-refractivity contribution in [2.24, 2.45) is 0 Å². The van der Waals surface area contributed by atoms with Gasteiger partial charge in [0.05, 0.1) is 5.69 Å². The average Bonchev–Trinajstić information content (AvgIpc) is 2.54. The Bertz CT molecular complexity index is 774. The maximum absolute atomic E-state index is 12.9. The summed E-state index contributed by atoms with van der Waals surface area (Å²) in [4.78, 5) is 25.6. The van der Waals surface area contributed by atoms with Crippen LogP contribution in [0.5, 0.6) is 5.75 Å². The summed E-state index contributed by atoms with van der Waals surface area (Å²) in [6.07, 6.45) is -0.535. The van der Waals surface area contributed by atoms with Crippen molar-refractivity contribution >= 4 is 23.2 Å². The summed E-state index contributed by atoms with van der Waals surface area (Å²) in [5.41, 5.74) is 1.46. The molecule has 0 saturated heterocycles. The van der Waals surface area contributed by atoms with Crippen molar-refractivity contribution in [1.82, 2.24) is 0 Å². The lowest BCUT2D eigenvalue weighted by atomic mass is 10.1. The van der Waals surface area contributed by atoms with Gasteiger partial charge in [0.25, 0.3) is 11.8 Å². The van der Waals surface area contributed by atoms with E-state index in [0.717, 1.165) is 0 Å². The van der Waals surface area contributed by atoms with E-state index in [-0.39, 0.29) is 11.8 Å². The zero-order chi connectivity index (χ0) is 16.6. The molecule has 1 aliphatic rings. The SMILES string of the molecule is CC1Oc2ccc(NC(=O)c3ccc(F)cc3)cc2N(C)C1=O. The normalized spacial score (nSPS) is 16.6. The first-order chi connectivity index (χ1) is 11.0. The molecule has 2 aromatic carbocycles. The summed E-state index contributed by atoms with van der Waals surface area (Å²) in [6, 6.07) is 10.3. The van der Waals surface area contributed by atoms with Gasteiger partial charge in [0.1, 0.15) is 11.6 Å². The van der Waals surface area contributed by atoms with Crippen LogP contribution in [-0.4, -0.2) is 25.0 Å². The van der Waals surface area contributed by atoms with Crippen molar-refractivity contribution in [2.75, 3.05) is 17.3 Å². The maximum atomic E-state index is 12.9. The molecule has 0 bridgehead atoms. The van der Waals surface area contributed by atoms with Gasteiger partial charge in [-0.25, -0.2) is 4.39 Å². The number of rotatable bonds is 2. The predicted molar refractivity (Wildman–Crippen MR) is 84.3 cm³/mol. The number of anilines is 2. The number of hydrogen-bond acceptors (Lipinski definition) is 3. The fourth-order valence-corrected chi connectivity index (χ4v) is 2.39. The first kappa shape index (κ1) is 15.0. The van der Waals surface area contributed by atoms with Crippen LogP contribution in [0.1, 0.15) is 17.3 Å². The van der Waals surface area contributed by atoms with Crippen molar-refractivity contribution in [3.63, 3.8) is 0 Å². The number of hydrogen-bond donors (Lipinski definition) is 1. The number of benzene rings is 2. The molecule has 1 heterocycles. The Hall–Kier alpha value is -2.89. The molecule has 1 atom stereocenters. The van der Waals surface area contributed by atoms with Crippen LogP contribution < -0.4 is 15.0 Å². The van der Waals surface area contributed by atoms with E-state index in [0.29, 0.717) is 22.7 Å². The maximum Gasteiger partial charge on any atom is 0.267 e. The van der Waals surface area contributed by atoms with Gasteiger partial charge in [-0.15, -0.1) is 0 Å². The molecule has 2 aromatic rings. The average molecular weight is 314 g/mol. The fraction of sp³-hybridized carbons (Fsp3) is 0.176. The van der Waals surface area contributed by atoms with E-state index in [9.17, 15) is 14.0 Å². The van der Waals surface area contributed by atoms with E-state index in [1.165, 1.54) is 29.2 Å². The molecular weight excluding hydrogens is 299 g/mol. The summed E-state index contributed by atoms with van der Waals surface area (Å²) in [5.74, 6) is -0.329. The zero-order valence-electron chi connectivity index (χ0n) is 12.7. The summed E-state index contributed by atoms with van der Waals surface area (Å²) < 4.78 is 18.4. The second kappa shape index (κ2) is 5.72. The van der Waals surface area contributed by atoms with Crippen molar-refractivity contribution in [3.05, 3.63) is 53.8 Å². The molecule has 6 heteroatoms. The number of amides is 2. The van der Waals surface area contributed by atoms with Crippen LogP contribution in [0.15, 0.2) is 42.5 Å². The van der Waals surface area contributed by atoms with Gasteiger partial charge in [-0.05, 0) is 49.4 Å². The van der Waals surface area contributed by atoms with Crippen LogP contribution >= 0.6 is 0 Å². The van der Waals surface area contributed by atoms with Crippen LogP contribution in [-0.2, 0) is 4.79 Å². The second-order valence-electron chi connectivity index (χ2n) is 5.30. The first-order valence-corrected chi connectivity index (χ1v) is 7.11. The Morgan fingerprint density at radius 1 is 1.22 bits per heavy atom. The van der Waals surface area contributed by atoms with Gasteiger partial charge in [-0.1, -0.05) is 0 Å². The van der Waals surface area contributed by atoms with Gasteiger partial charge in [0, 0.05) is 18.3 Å². The highest BCUT2D eigenvalue weighted by atomic mass is 19.1. The molecule has 0 fully saturated rings. The van der Waals surface area contributed by atoms with Gasteiger partial charge in [0.15, 0.2) is 6.10 Å². The van der Waals surface area contributed by atoms with E-state index >= 15 is 0 Å². The van der Waals surface area contributed by atoms with Gasteiger partial charge in [-0.2, -0.15) is 0 Å². The lowest BCUT2D eigenvalue weighted by molar-refractivity contribution is -0.125. The number of carbonyl (C=O) groups is 2. The third-order valence-corrected chi connectivity index (χ3v) is 3.67. The van der Waals surface area contributed by atoms with E-state index in [2.05, 4.69) is 5.32 Å². The Morgan fingerprint density at radius 3 is 2.61 bits per heavy atom. The van der Waals surface area contributed by atoms with Crippen molar-refractivity contribution < 1.29 is 18.7 Å². The lowest BCUT2D eigenvalue weighted by Crippen LogP contribution is -2.41. The number of ether oxygens (including phenoxy) is 1. The van der Waals surface area contributed by atoms with E-state index < -0.39 is 11.9 Å². The Morgan fingerprint density at radius 2 is 1.91 bits per heavy atom. The van der Waals surface area contributed by atoms with Crippen molar-refractivity contribution in [2.45, 2.75) is 13.0 Å². The van der Waals surface area contributed by atoms with Crippen molar-refractivity contribution in [1.29, 1.82) is 0 Å². The second-order valence-corrected chi connectivity index (χ2v) is 5.30. The molecule has 2 amide bonds. The summed E-state index contributed by atoms with van der Waals surface area (Å²) >= 11 is 0. The Labute approximate surface area is 132 Å². The topological polar surface area (TPSA) is 58.6 Å². The zero-order valence-corrected chi connectivity index (χ0v) is 12.7. The molecule has 0 radical (unpaired) electrons. The third-order valence-electron chi connectivity index (χ3n) is 3.67. The molecular formula is C17H15FN2O3. The minimum Gasteiger partial charge on any atom is -0.479 e. The number of likely N-dealkylation sites (N-methyl/N-ethyl adjacent to an activating group) is 1. The summed E-state index contributed by atoms with van der Waals surface area (Å²) in [5, 5.41) is 2.72. The predicted octanol–water partition coefficient (Wildman–Crippen LogP) is 2.82. The van der Waals surface area contributed by atoms with Crippen LogP contribution in [0.25, 0.3) is 0 Å². The molecule has 3 rings (SSSR count). The standard InChI is InChI=1S/C17H15FN2O3/c1-10-17(22)20(2)14-9-13(7-8-15(14)23-10)19-16(21)11-3-5-12(18)6-4-11/h3-10H,1-2H3,(H,19,21). The largest absolute Gasteiger partial charge is 0.479 e. The van der Waals surface area contributed by atoms with Gasteiger partial charge in [-0.3, -0.25) is 9.59 Å². The minimum atomic E-state index is -0.535. The van der Waals surface area contributed by atoms with Crippen LogP contribution in [0.2, 0.25) is 0 Å². The number of fused-ring (bicyclic) bond motifs is 1. The summed E-state index contributed by atoms with van der Waals surface area (Å²) in [6.45, 7) is 1.69. The highest BCUT2D eigenvalue weighted by Crippen LogP contribution is 2.35. The molecule has 0 saturated carbocycles. The number of nitrogens with zero attached hydrogens (tertiary/aromatic N) is 1. The molecule has 1 N–H and O–H groups in total. The Kier molecular flexibility index (Phi) is 3.73. The highest BCUT2D eigenvalue weighted by Gasteiger charge is 2.29. The molecule has 0 aromatic heterocycles. The van der Waals surface area contributed by atoms with Gasteiger partial charge in [0.2, 0.25) is 0 Å². The van der Waals surface area contributed by atoms with Gasteiger partial charge >= 0.3 is 0 Å². The molecule has 118 valence electrons. The fourth-order valence-electron chi connectivity index (χ4n) is 2.39. The highest BCUT2D eigenvalue weighted by molar-refractivity contribution is 6.05. The van der Waals surface area contributed by atoms with E-state index in [4.69, 9.17) is 4.74 Å². The molecule has 1 unspecified atom stereocenters. The Balaban J connectivity index is 1.83. The first-order valence-electron chi connectivity index (χ1n) is 7.11. The van der Waals surface area contributed by atoms with Crippen molar-refractivity contribution in [3.8, 4) is 5.75 Å². The molecule has 23 heavy (non-hydrogen) atoms. The van der Waals surface area contributed by atoms with E-state index in [1.54, 1.807) is 32.2 Å². The number of nitrogens with one attached hydrogen (secondary N) is 1. The van der Waals surface area contributed by atoms with Crippen LogP contribution in [0.4, 0.5) is 15.8 Å². The summed E-state index contributed by atoms with van der Waals surface area (Å²) in [7, 11) is 1.66. The minimum absolute atomic E-state index is 0.153. The quantitative estimate of drug-likeness (QED) is 0.927. The monoisotopic (exact) mass is 314 g/mol. The van der Waals surface area contributed by atoms with Gasteiger partial charge < -0.3 is 15.0 Å². The molecule has 1 aliphatic heterocycles. The molecule has 0 aliphatic carbocycles. The lowest BCUT2D eigenvalue weighted by Gasteiger charge is -2.30. The van der Waals surface area contributed by atoms with E-state index in [1.807, 2.05) is 0 Å². The van der Waals surface area contributed by atoms with Crippen LogP contribution in [0.3, 0.4) is 0 Å². The number of halogens is 1.